The normalized spacial score (nSPS) is 27.8. The molecular weight excluding hydrogens is 105 g/mol. The maximum atomic E-state index is 12.2. The maximum absolute atomic E-state index is 12.2. The minimum Gasteiger partial charge on any atom is -0.326 e. The molecule has 3 N–H and O–H groups in total. The highest BCUT2D eigenvalue weighted by Gasteiger charge is 2.04. The van der Waals surface area contributed by atoms with Gasteiger partial charge in [0.2, 0.25) is 0 Å². The Morgan fingerprint density at radius 3 is 2.88 bits per heavy atom. The molecule has 0 radical (unpaired) electrons. The molecule has 0 aromatic heterocycles. The SMILES string of the molecule is [NH3+]C1=CCC(F)C=C1. The molecule has 8 heavy (non-hydrogen) atoms. The first kappa shape index (κ1) is 5.51. The summed E-state index contributed by atoms with van der Waals surface area (Å²) in [6.07, 6.45) is 4.75. The van der Waals surface area contributed by atoms with Gasteiger partial charge in [0, 0.05) is 6.42 Å². The summed E-state index contributed by atoms with van der Waals surface area (Å²) < 4.78 is 12.2. The van der Waals surface area contributed by atoms with E-state index in [2.05, 4.69) is 5.73 Å². The van der Waals surface area contributed by atoms with E-state index in [0.29, 0.717) is 6.42 Å². The molecule has 0 saturated heterocycles. The monoisotopic (exact) mass is 114 g/mol. The number of hydrogen-bond acceptors (Lipinski definition) is 0. The van der Waals surface area contributed by atoms with Gasteiger partial charge in [0.1, 0.15) is 11.9 Å². The van der Waals surface area contributed by atoms with Crippen molar-refractivity contribution in [3.8, 4) is 0 Å². The van der Waals surface area contributed by atoms with Crippen LogP contribution in [0.4, 0.5) is 4.39 Å². The molecule has 0 spiro atoms. The molecule has 2 heteroatoms. The van der Waals surface area contributed by atoms with Crippen LogP contribution in [0.3, 0.4) is 0 Å². The highest BCUT2D eigenvalue weighted by atomic mass is 19.1. The van der Waals surface area contributed by atoms with Crippen LogP contribution in [0.2, 0.25) is 0 Å². The van der Waals surface area contributed by atoms with Crippen molar-refractivity contribution in [3.63, 3.8) is 0 Å². The Bertz CT molecular complexity index is 137. The molecule has 1 nitrogen and oxygen atoms in total. The summed E-state index contributed by atoms with van der Waals surface area (Å²) in [4.78, 5) is 0. The van der Waals surface area contributed by atoms with Crippen molar-refractivity contribution in [2.24, 2.45) is 0 Å². The molecule has 1 atom stereocenters. The maximum Gasteiger partial charge on any atom is 0.123 e. The van der Waals surface area contributed by atoms with Crippen LogP contribution in [0.5, 0.6) is 0 Å². The Labute approximate surface area is 47.7 Å². The van der Waals surface area contributed by atoms with Crippen LogP contribution in [-0.2, 0) is 0 Å². The molecule has 0 bridgehead atoms. The van der Waals surface area contributed by atoms with E-state index in [1.54, 1.807) is 12.2 Å². The summed E-state index contributed by atoms with van der Waals surface area (Å²) in [6.45, 7) is 0. The molecule has 1 aliphatic rings. The first-order valence-electron chi connectivity index (χ1n) is 2.63. The van der Waals surface area contributed by atoms with Gasteiger partial charge in [-0.2, -0.15) is 0 Å². The lowest BCUT2D eigenvalue weighted by Crippen LogP contribution is -2.47. The lowest BCUT2D eigenvalue weighted by molar-refractivity contribution is -0.295. The Balaban J connectivity index is 2.58. The molecule has 1 rings (SSSR count). The predicted molar refractivity (Wildman–Crippen MR) is 29.6 cm³/mol. The van der Waals surface area contributed by atoms with E-state index >= 15 is 0 Å². The van der Waals surface area contributed by atoms with Gasteiger partial charge in [-0.3, -0.25) is 0 Å². The highest BCUT2D eigenvalue weighted by molar-refractivity contribution is 5.16. The molecule has 0 amide bonds. The minimum atomic E-state index is -0.777. The van der Waals surface area contributed by atoms with E-state index in [9.17, 15) is 4.39 Å². The summed E-state index contributed by atoms with van der Waals surface area (Å²) in [5, 5.41) is 0. The van der Waals surface area contributed by atoms with Crippen molar-refractivity contribution in [2.45, 2.75) is 12.6 Å². The minimum absolute atomic E-state index is 0.495. The van der Waals surface area contributed by atoms with Crippen molar-refractivity contribution in [1.29, 1.82) is 0 Å². The Morgan fingerprint density at radius 1 is 1.75 bits per heavy atom. The Kier molecular flexibility index (Phi) is 1.44. The topological polar surface area (TPSA) is 27.6 Å². The number of alkyl halides is 1. The van der Waals surface area contributed by atoms with Crippen molar-refractivity contribution < 1.29 is 10.1 Å². The van der Waals surface area contributed by atoms with Crippen molar-refractivity contribution in [2.75, 3.05) is 0 Å². The second-order valence-corrected chi connectivity index (χ2v) is 1.89. The van der Waals surface area contributed by atoms with Gasteiger partial charge in [0.05, 0.1) is 0 Å². The molecule has 0 fully saturated rings. The second-order valence-electron chi connectivity index (χ2n) is 1.89. The quantitative estimate of drug-likeness (QED) is 0.472. The fourth-order valence-electron chi connectivity index (χ4n) is 0.639. The van der Waals surface area contributed by atoms with Crippen molar-refractivity contribution in [1.82, 2.24) is 0 Å². The van der Waals surface area contributed by atoms with Gasteiger partial charge < -0.3 is 5.73 Å². The Hall–Kier alpha value is -0.630. The molecule has 0 heterocycles. The fourth-order valence-corrected chi connectivity index (χ4v) is 0.639. The molecule has 44 valence electrons. The molecule has 0 saturated carbocycles. The zero-order valence-corrected chi connectivity index (χ0v) is 4.60. The lowest BCUT2D eigenvalue weighted by atomic mass is 10.1. The third-order valence-electron chi connectivity index (χ3n) is 1.12. The molecule has 1 unspecified atom stereocenters. The zero-order valence-electron chi connectivity index (χ0n) is 4.60. The molecule has 0 aromatic rings. The van der Waals surface area contributed by atoms with Crippen LogP contribution in [-0.4, -0.2) is 6.17 Å². The van der Waals surface area contributed by atoms with Crippen molar-refractivity contribution >= 4 is 0 Å². The van der Waals surface area contributed by atoms with Gasteiger partial charge in [-0.25, -0.2) is 4.39 Å². The van der Waals surface area contributed by atoms with Crippen LogP contribution in [0.1, 0.15) is 6.42 Å². The smallest absolute Gasteiger partial charge is 0.123 e. The van der Waals surface area contributed by atoms with Gasteiger partial charge in [-0.1, -0.05) is 0 Å². The first-order chi connectivity index (χ1) is 3.79. The van der Waals surface area contributed by atoms with Gasteiger partial charge >= 0.3 is 0 Å². The van der Waals surface area contributed by atoms with Crippen LogP contribution in [0.15, 0.2) is 23.9 Å². The van der Waals surface area contributed by atoms with Crippen LogP contribution < -0.4 is 5.73 Å². The standard InChI is InChI=1S/C6H8FN/c7-5-1-3-6(8)4-2-5/h1,3-5H,2,8H2/p+1. The largest absolute Gasteiger partial charge is 0.326 e. The summed E-state index contributed by atoms with van der Waals surface area (Å²) in [6, 6.07) is 0. The van der Waals surface area contributed by atoms with E-state index in [0.717, 1.165) is 5.70 Å². The average Bonchev–Trinajstić information content (AvgIpc) is 1.77. The van der Waals surface area contributed by atoms with E-state index in [-0.39, 0.29) is 0 Å². The molecular formula is C6H9FN+. The molecule has 0 aliphatic heterocycles. The highest BCUT2D eigenvalue weighted by Crippen LogP contribution is 2.07. The number of quaternary nitrogens is 1. The predicted octanol–water partition coefficient (Wildman–Crippen LogP) is 0.410. The number of allylic oxidation sites excluding steroid dienone is 3. The number of halogens is 1. The Morgan fingerprint density at radius 2 is 2.50 bits per heavy atom. The summed E-state index contributed by atoms with van der Waals surface area (Å²) in [7, 11) is 0. The van der Waals surface area contributed by atoms with Gasteiger partial charge in [-0.05, 0) is 18.2 Å². The fraction of sp³-hybridized carbons (Fsp3) is 0.333. The summed E-state index contributed by atoms with van der Waals surface area (Å²) in [5.41, 5.74) is 4.56. The summed E-state index contributed by atoms with van der Waals surface area (Å²) in [5.74, 6) is 0. The van der Waals surface area contributed by atoms with Crippen LogP contribution >= 0.6 is 0 Å². The average molecular weight is 114 g/mol. The summed E-state index contributed by atoms with van der Waals surface area (Å²) >= 11 is 0. The number of hydrogen-bond donors (Lipinski definition) is 1. The van der Waals surface area contributed by atoms with Crippen molar-refractivity contribution in [3.05, 3.63) is 23.9 Å². The first-order valence-corrected chi connectivity index (χ1v) is 2.63. The van der Waals surface area contributed by atoms with Gasteiger partial charge in [-0.15, -0.1) is 0 Å². The van der Waals surface area contributed by atoms with Gasteiger partial charge in [0.25, 0.3) is 0 Å². The van der Waals surface area contributed by atoms with E-state index in [1.807, 2.05) is 0 Å². The second kappa shape index (κ2) is 2.09. The zero-order chi connectivity index (χ0) is 5.98. The van der Waals surface area contributed by atoms with E-state index < -0.39 is 6.17 Å². The van der Waals surface area contributed by atoms with Crippen LogP contribution in [0, 0.1) is 0 Å². The van der Waals surface area contributed by atoms with Crippen LogP contribution in [0.25, 0.3) is 0 Å². The molecule has 1 aliphatic carbocycles. The lowest BCUT2D eigenvalue weighted by Gasteiger charge is -2.00. The third-order valence-corrected chi connectivity index (χ3v) is 1.12. The number of rotatable bonds is 0. The van der Waals surface area contributed by atoms with Gasteiger partial charge in [0.15, 0.2) is 0 Å². The third kappa shape index (κ3) is 1.17. The van der Waals surface area contributed by atoms with E-state index in [1.165, 1.54) is 6.08 Å². The van der Waals surface area contributed by atoms with E-state index in [4.69, 9.17) is 0 Å². The molecule has 0 aromatic carbocycles.